The number of hydrogen-bond acceptors (Lipinski definition) is 3. The highest BCUT2D eigenvalue weighted by molar-refractivity contribution is 5.83. The van der Waals surface area contributed by atoms with Crippen LogP contribution in [0.3, 0.4) is 0 Å². The molecule has 0 radical (unpaired) electrons. The molecule has 0 spiro atoms. The number of aliphatic hydroxyl groups is 1. The number of unbranched alkanes of at least 4 members (excludes halogenated alkanes) is 12. The summed E-state index contributed by atoms with van der Waals surface area (Å²) in [6, 6.07) is -1.21. The quantitative estimate of drug-likeness (QED) is 0.336. The molecule has 0 aliphatic heterocycles. The zero-order valence-electron chi connectivity index (χ0n) is 16.3. The van der Waals surface area contributed by atoms with Gasteiger partial charge in [-0.1, -0.05) is 84.0 Å². The SMILES string of the molecule is CCCCCCCCCCCCCCCC(=O)NC(C(=O)O)C(C)O. The van der Waals surface area contributed by atoms with E-state index in [0.29, 0.717) is 6.42 Å². The molecule has 0 aliphatic carbocycles. The first-order valence-electron chi connectivity index (χ1n) is 10.2. The van der Waals surface area contributed by atoms with E-state index in [9.17, 15) is 14.7 Å². The number of carbonyl (C=O) groups excluding carboxylic acids is 1. The Morgan fingerprint density at radius 1 is 0.800 bits per heavy atom. The molecule has 0 bridgehead atoms. The summed E-state index contributed by atoms with van der Waals surface area (Å²) in [4.78, 5) is 22.6. The first kappa shape index (κ1) is 23.9. The molecule has 2 unspecified atom stereocenters. The number of carboxylic acids is 1. The third-order valence-electron chi connectivity index (χ3n) is 4.57. The van der Waals surface area contributed by atoms with Crippen molar-refractivity contribution in [2.75, 3.05) is 0 Å². The predicted octanol–water partition coefficient (Wildman–Crippen LogP) is 4.42. The molecule has 0 heterocycles. The summed E-state index contributed by atoms with van der Waals surface area (Å²) in [6.07, 6.45) is 15.4. The van der Waals surface area contributed by atoms with E-state index in [1.165, 1.54) is 71.1 Å². The van der Waals surface area contributed by atoms with Gasteiger partial charge < -0.3 is 15.5 Å². The van der Waals surface area contributed by atoms with E-state index in [4.69, 9.17) is 5.11 Å². The highest BCUT2D eigenvalue weighted by Crippen LogP contribution is 2.13. The number of aliphatic hydroxyl groups excluding tert-OH is 1. The van der Waals surface area contributed by atoms with Crippen molar-refractivity contribution >= 4 is 11.9 Å². The summed E-state index contributed by atoms with van der Waals surface area (Å²) >= 11 is 0. The van der Waals surface area contributed by atoms with E-state index in [2.05, 4.69) is 12.2 Å². The molecule has 5 heteroatoms. The van der Waals surface area contributed by atoms with Crippen molar-refractivity contribution < 1.29 is 19.8 Å². The number of hydrogen-bond donors (Lipinski definition) is 3. The summed E-state index contributed by atoms with van der Waals surface area (Å²) in [7, 11) is 0. The highest BCUT2D eigenvalue weighted by atomic mass is 16.4. The van der Waals surface area contributed by atoms with E-state index < -0.39 is 18.1 Å². The average Bonchev–Trinajstić information content (AvgIpc) is 2.56. The summed E-state index contributed by atoms with van der Waals surface area (Å²) < 4.78 is 0. The Bertz CT molecular complexity index is 345. The molecule has 0 rings (SSSR count). The number of carbonyl (C=O) groups is 2. The lowest BCUT2D eigenvalue weighted by Gasteiger charge is -2.16. The van der Waals surface area contributed by atoms with E-state index in [-0.39, 0.29) is 5.91 Å². The molecule has 25 heavy (non-hydrogen) atoms. The van der Waals surface area contributed by atoms with Crippen molar-refractivity contribution in [1.82, 2.24) is 5.32 Å². The molecule has 3 N–H and O–H groups in total. The lowest BCUT2D eigenvalue weighted by molar-refractivity contribution is -0.144. The summed E-state index contributed by atoms with van der Waals surface area (Å²) in [6.45, 7) is 3.61. The zero-order chi connectivity index (χ0) is 18.9. The normalized spacial score (nSPS) is 13.4. The van der Waals surface area contributed by atoms with Crippen LogP contribution in [0.4, 0.5) is 0 Å². The van der Waals surface area contributed by atoms with Crippen LogP contribution < -0.4 is 5.32 Å². The Kier molecular flexibility index (Phi) is 15.7. The van der Waals surface area contributed by atoms with Crippen LogP contribution in [0, 0.1) is 0 Å². The Labute approximate surface area is 153 Å². The Morgan fingerprint density at radius 2 is 1.20 bits per heavy atom. The van der Waals surface area contributed by atoms with Gasteiger partial charge in [-0.15, -0.1) is 0 Å². The van der Waals surface area contributed by atoms with E-state index in [1.807, 2.05) is 0 Å². The Hall–Kier alpha value is -1.10. The van der Waals surface area contributed by atoms with Gasteiger partial charge in [0.25, 0.3) is 0 Å². The summed E-state index contributed by atoms with van der Waals surface area (Å²) in [5.74, 6) is -1.50. The first-order chi connectivity index (χ1) is 12.0. The molecule has 0 fully saturated rings. The number of rotatable bonds is 17. The van der Waals surface area contributed by atoms with Crippen molar-refractivity contribution in [2.24, 2.45) is 0 Å². The zero-order valence-corrected chi connectivity index (χ0v) is 16.3. The fourth-order valence-corrected chi connectivity index (χ4v) is 2.94. The molecule has 0 aromatic heterocycles. The second kappa shape index (κ2) is 16.4. The average molecular weight is 358 g/mol. The third kappa shape index (κ3) is 14.9. The van der Waals surface area contributed by atoms with Crippen LogP contribution >= 0.6 is 0 Å². The second-order valence-corrected chi connectivity index (χ2v) is 7.12. The molecular weight excluding hydrogens is 318 g/mol. The van der Waals surface area contributed by atoms with E-state index >= 15 is 0 Å². The largest absolute Gasteiger partial charge is 0.480 e. The van der Waals surface area contributed by atoms with E-state index in [1.54, 1.807) is 0 Å². The van der Waals surface area contributed by atoms with Crippen LogP contribution in [0.5, 0.6) is 0 Å². The van der Waals surface area contributed by atoms with Gasteiger partial charge in [0.2, 0.25) is 5.91 Å². The molecule has 2 atom stereocenters. The maximum absolute atomic E-state index is 11.7. The van der Waals surface area contributed by atoms with Crippen LogP contribution in [0.1, 0.15) is 104 Å². The minimum atomic E-state index is -1.21. The first-order valence-corrected chi connectivity index (χ1v) is 10.2. The molecule has 0 saturated heterocycles. The second-order valence-electron chi connectivity index (χ2n) is 7.12. The number of nitrogens with one attached hydrogen (secondary N) is 1. The standard InChI is InChI=1S/C20H39NO4/c1-3-4-5-6-7-8-9-10-11-12-13-14-15-16-18(23)21-19(17(2)22)20(24)25/h17,19,22H,3-16H2,1-2H3,(H,21,23)(H,24,25). The van der Waals surface area contributed by atoms with Crippen LogP contribution in [-0.4, -0.2) is 34.2 Å². The van der Waals surface area contributed by atoms with Gasteiger partial charge in [-0.3, -0.25) is 4.79 Å². The van der Waals surface area contributed by atoms with Crippen molar-refractivity contribution in [3.63, 3.8) is 0 Å². The smallest absolute Gasteiger partial charge is 0.328 e. The molecule has 0 aliphatic rings. The molecular formula is C20H39NO4. The van der Waals surface area contributed by atoms with Crippen LogP contribution in [0.2, 0.25) is 0 Å². The third-order valence-corrected chi connectivity index (χ3v) is 4.57. The van der Waals surface area contributed by atoms with Gasteiger partial charge in [0.15, 0.2) is 6.04 Å². The maximum Gasteiger partial charge on any atom is 0.328 e. The fraction of sp³-hybridized carbons (Fsp3) is 0.900. The van der Waals surface area contributed by atoms with Gasteiger partial charge in [-0.05, 0) is 13.3 Å². The van der Waals surface area contributed by atoms with Crippen LogP contribution in [0.25, 0.3) is 0 Å². The van der Waals surface area contributed by atoms with Gasteiger partial charge in [-0.25, -0.2) is 4.79 Å². The fourth-order valence-electron chi connectivity index (χ4n) is 2.94. The maximum atomic E-state index is 11.7. The lowest BCUT2D eigenvalue weighted by atomic mass is 10.0. The van der Waals surface area contributed by atoms with Gasteiger partial charge in [0, 0.05) is 6.42 Å². The Balaban J connectivity index is 3.40. The predicted molar refractivity (Wildman–Crippen MR) is 102 cm³/mol. The highest BCUT2D eigenvalue weighted by Gasteiger charge is 2.24. The van der Waals surface area contributed by atoms with Gasteiger partial charge in [0.1, 0.15) is 0 Å². The minimum Gasteiger partial charge on any atom is -0.480 e. The monoisotopic (exact) mass is 357 g/mol. The molecule has 1 amide bonds. The van der Waals surface area contributed by atoms with Crippen molar-refractivity contribution in [1.29, 1.82) is 0 Å². The minimum absolute atomic E-state index is 0.295. The molecule has 148 valence electrons. The molecule has 5 nitrogen and oxygen atoms in total. The van der Waals surface area contributed by atoms with Crippen LogP contribution in [-0.2, 0) is 9.59 Å². The van der Waals surface area contributed by atoms with Gasteiger partial charge in [0.05, 0.1) is 6.10 Å². The number of amides is 1. The van der Waals surface area contributed by atoms with Crippen molar-refractivity contribution in [2.45, 2.75) is 116 Å². The summed E-state index contributed by atoms with van der Waals surface area (Å²) in [5.41, 5.74) is 0. The number of aliphatic carboxylic acids is 1. The van der Waals surface area contributed by atoms with Crippen LogP contribution in [0.15, 0.2) is 0 Å². The molecule has 0 aromatic carbocycles. The molecule has 0 aromatic rings. The van der Waals surface area contributed by atoms with Crippen molar-refractivity contribution in [3.8, 4) is 0 Å². The summed E-state index contributed by atoms with van der Waals surface area (Å²) in [5, 5.41) is 20.6. The molecule has 0 saturated carbocycles. The van der Waals surface area contributed by atoms with Gasteiger partial charge in [-0.2, -0.15) is 0 Å². The number of carboxylic acid groups (broad SMARTS) is 1. The van der Waals surface area contributed by atoms with Crippen molar-refractivity contribution in [3.05, 3.63) is 0 Å². The lowest BCUT2D eigenvalue weighted by Crippen LogP contribution is -2.47. The Morgan fingerprint density at radius 3 is 1.56 bits per heavy atom. The van der Waals surface area contributed by atoms with Gasteiger partial charge >= 0.3 is 5.97 Å². The topological polar surface area (TPSA) is 86.6 Å². The van der Waals surface area contributed by atoms with E-state index in [0.717, 1.165) is 19.3 Å².